The molecule has 0 aliphatic rings. The molecule has 9 nitrogen and oxygen atoms in total. The van der Waals surface area contributed by atoms with Crippen LogP contribution in [0, 0.1) is 0 Å². The molecule has 0 amide bonds. The van der Waals surface area contributed by atoms with Gasteiger partial charge in [0.05, 0.1) is 17.9 Å². The second kappa shape index (κ2) is 56.3. The van der Waals surface area contributed by atoms with Crippen molar-refractivity contribution in [3.05, 3.63) is 72.9 Å². The van der Waals surface area contributed by atoms with Crippen LogP contribution in [0.25, 0.3) is 0 Å². The van der Waals surface area contributed by atoms with E-state index in [2.05, 4.69) is 20.4 Å². The van der Waals surface area contributed by atoms with E-state index >= 15 is 0 Å². The van der Waals surface area contributed by atoms with Crippen LogP contribution in [-0.4, -0.2) is 38.3 Å². The van der Waals surface area contributed by atoms with E-state index in [0.29, 0.717) is 0 Å². The Morgan fingerprint density at radius 3 is 0.742 bits per heavy atom. The minimum atomic E-state index is -1.16. The van der Waals surface area contributed by atoms with Gasteiger partial charge in [-0.2, -0.15) is 0 Å². The van der Waals surface area contributed by atoms with Crippen LogP contribution in [-0.2, 0) is 45.8 Å². The molecule has 31 heavy (non-hydrogen) atoms. The van der Waals surface area contributed by atoms with E-state index in [4.69, 9.17) is 14.4 Å². The molecule has 0 bridgehead atoms. The fourth-order valence-corrected chi connectivity index (χ4v) is 0.736. The maximum absolute atomic E-state index is 9.64. The first-order chi connectivity index (χ1) is 14.3. The Bertz CT molecular complexity index is 495. The number of carbonyl (C=O) groups excluding carboxylic acids is 6. The molecule has 10 heteroatoms. The predicted molar refractivity (Wildman–Crippen MR) is 104 cm³/mol. The van der Waals surface area contributed by atoms with E-state index in [1.165, 1.54) is 18.2 Å². The summed E-state index contributed by atoms with van der Waals surface area (Å²) in [6.07, 6.45) is 17.2. The largest absolute Gasteiger partial charge is 3.00 e. The molecule has 0 spiro atoms. The maximum atomic E-state index is 9.64. The summed E-state index contributed by atoms with van der Waals surface area (Å²) >= 11 is 0. The van der Waals surface area contributed by atoms with Crippen molar-refractivity contribution in [3.63, 3.8) is 0 Å². The van der Waals surface area contributed by atoms with Gasteiger partial charge < -0.3 is 29.7 Å². The van der Waals surface area contributed by atoms with Gasteiger partial charge >= 0.3 is 17.1 Å². The van der Waals surface area contributed by atoms with Crippen molar-refractivity contribution in [3.8, 4) is 0 Å². The minimum Gasteiger partial charge on any atom is -0.545 e. The summed E-state index contributed by atoms with van der Waals surface area (Å²) < 4.78 is 0. The third kappa shape index (κ3) is 121. The molecule has 7 radical (unpaired) electrons. The van der Waals surface area contributed by atoms with Crippen LogP contribution in [0.4, 0.5) is 0 Å². The number of hydrogen-bond donors (Lipinski definition) is 0. The second-order valence-electron chi connectivity index (χ2n) is 3.61. The Balaban J connectivity index is -0.0000000488. The average molecular weight is 473 g/mol. The van der Waals surface area contributed by atoms with Gasteiger partial charge in [-0.15, -0.1) is 0 Å². The van der Waals surface area contributed by atoms with Gasteiger partial charge in [0, 0.05) is 0 Å². The van der Waals surface area contributed by atoms with Crippen LogP contribution in [0.15, 0.2) is 72.9 Å². The summed E-state index contributed by atoms with van der Waals surface area (Å²) in [4.78, 5) is 51.4. The van der Waals surface area contributed by atoms with Crippen molar-refractivity contribution >= 4 is 38.3 Å². The van der Waals surface area contributed by atoms with Crippen LogP contribution < -0.4 is 15.3 Å². The molecule has 0 aromatic rings. The molecule has 167 valence electrons. The Morgan fingerprint density at radius 1 is 0.484 bits per heavy atom. The molecule has 0 fully saturated rings. The SMILES string of the molecule is CC=CC=CC(=O)[O-].CC=CC=CC(=O)[O-].CC=CC=CC(=O)[O-].[C]=O.[C]=O.[C]=O.[Fe+3]. The van der Waals surface area contributed by atoms with E-state index in [1.54, 1.807) is 57.2 Å². The summed E-state index contributed by atoms with van der Waals surface area (Å²) in [6, 6.07) is 0. The molecule has 0 atom stereocenters. The molecular weight excluding hydrogens is 452 g/mol. The number of carboxylic acids is 3. The molecule has 0 saturated carbocycles. The summed E-state index contributed by atoms with van der Waals surface area (Å²) in [7, 11) is 0. The Labute approximate surface area is 193 Å². The molecule has 0 unspecified atom stereocenters. The van der Waals surface area contributed by atoms with Crippen molar-refractivity contribution < 1.29 is 61.2 Å². The standard InChI is InChI=1S/3C6H8O2.3CO.Fe/c3*1-2-3-4-5-6(7)8;3*1-2;/h3*2-5H,1H3,(H,7,8);;;;/q;;;;;;+3/p-3. The van der Waals surface area contributed by atoms with Crippen LogP contribution >= 0.6 is 0 Å². The number of aliphatic carboxylic acids is 3. The molecule has 0 heterocycles. The second-order valence-corrected chi connectivity index (χ2v) is 3.61. The summed E-state index contributed by atoms with van der Waals surface area (Å²) in [5, 5.41) is 28.9. The Morgan fingerprint density at radius 2 is 0.645 bits per heavy atom. The minimum absolute atomic E-state index is 0. The van der Waals surface area contributed by atoms with Crippen LogP contribution in [0.1, 0.15) is 20.8 Å². The first-order valence-corrected chi connectivity index (χ1v) is 7.44. The summed E-state index contributed by atoms with van der Waals surface area (Å²) in [5.74, 6) is -3.49. The van der Waals surface area contributed by atoms with Crippen LogP contribution in [0.3, 0.4) is 0 Å². The first-order valence-electron chi connectivity index (χ1n) is 7.44. The fraction of sp³-hybridized carbons (Fsp3) is 0.143. The first kappa shape index (κ1) is 45.9. The number of allylic oxidation sites excluding steroid dienone is 9. The van der Waals surface area contributed by atoms with Crippen molar-refractivity contribution in [2.75, 3.05) is 0 Å². The Hall–Kier alpha value is -3.62. The van der Waals surface area contributed by atoms with E-state index in [1.807, 2.05) is 0 Å². The molecular formula is C21H21FeO9. The fourth-order valence-electron chi connectivity index (χ4n) is 0.736. The molecule has 0 aromatic heterocycles. The van der Waals surface area contributed by atoms with Gasteiger partial charge in [0.15, 0.2) is 0 Å². The number of hydrogen-bond acceptors (Lipinski definition) is 9. The third-order valence-electron chi connectivity index (χ3n) is 1.61. The Kier molecular flexibility index (Phi) is 83.2. The topological polar surface area (TPSA) is 172 Å². The van der Waals surface area contributed by atoms with E-state index in [0.717, 1.165) is 18.2 Å². The summed E-state index contributed by atoms with van der Waals surface area (Å²) in [5.41, 5.74) is 0. The normalized spacial score (nSPS) is 9.00. The smallest absolute Gasteiger partial charge is 0.545 e. The molecule has 0 rings (SSSR count). The van der Waals surface area contributed by atoms with Crippen molar-refractivity contribution in [2.24, 2.45) is 0 Å². The van der Waals surface area contributed by atoms with Gasteiger partial charge in [0.2, 0.25) is 0 Å². The number of rotatable bonds is 6. The predicted octanol–water partition coefficient (Wildman–Crippen LogP) is -1.59. The molecule has 0 aliphatic carbocycles. The van der Waals surface area contributed by atoms with Crippen LogP contribution in [0.5, 0.6) is 0 Å². The van der Waals surface area contributed by atoms with Gasteiger partial charge in [0.1, 0.15) is 0 Å². The quantitative estimate of drug-likeness (QED) is 0.251. The van der Waals surface area contributed by atoms with Gasteiger partial charge in [-0.1, -0.05) is 54.7 Å². The number of carboxylic acid groups (broad SMARTS) is 3. The molecule has 0 N–H and O–H groups in total. The van der Waals surface area contributed by atoms with Crippen molar-refractivity contribution in [2.45, 2.75) is 20.8 Å². The zero-order valence-electron chi connectivity index (χ0n) is 17.0. The van der Waals surface area contributed by atoms with E-state index < -0.39 is 17.9 Å². The summed E-state index contributed by atoms with van der Waals surface area (Å²) in [6.45, 7) is 18.9. The van der Waals surface area contributed by atoms with E-state index in [-0.39, 0.29) is 17.1 Å². The van der Waals surface area contributed by atoms with Crippen molar-refractivity contribution in [1.29, 1.82) is 0 Å². The van der Waals surface area contributed by atoms with Gasteiger partial charge in [0.25, 0.3) is 20.4 Å². The third-order valence-corrected chi connectivity index (χ3v) is 1.61. The van der Waals surface area contributed by atoms with Crippen LogP contribution in [0.2, 0.25) is 0 Å². The zero-order chi connectivity index (χ0) is 25.2. The van der Waals surface area contributed by atoms with E-state index in [9.17, 15) is 29.7 Å². The monoisotopic (exact) mass is 473 g/mol. The molecule has 0 aliphatic heterocycles. The van der Waals surface area contributed by atoms with Gasteiger partial charge in [-0.05, 0) is 39.0 Å². The average Bonchev–Trinajstić information content (AvgIpc) is 2.73. The van der Waals surface area contributed by atoms with Gasteiger partial charge in [-0.25, -0.2) is 0 Å². The van der Waals surface area contributed by atoms with Crippen molar-refractivity contribution in [1.82, 2.24) is 0 Å². The number of carbonyl (C=O) groups is 3. The molecule has 0 saturated heterocycles. The maximum Gasteiger partial charge on any atom is 3.00 e. The molecule has 0 aromatic carbocycles. The van der Waals surface area contributed by atoms with Gasteiger partial charge in [-0.3, -0.25) is 14.4 Å². The zero-order valence-corrected chi connectivity index (χ0v) is 18.1.